The van der Waals surface area contributed by atoms with E-state index >= 15 is 0 Å². The molecule has 2 N–H and O–H groups in total. The Bertz CT molecular complexity index is 231. The molecule has 0 aromatic carbocycles. The van der Waals surface area contributed by atoms with E-state index in [-0.39, 0.29) is 5.91 Å². The van der Waals surface area contributed by atoms with Crippen LogP contribution in [0.15, 0.2) is 4.99 Å². The van der Waals surface area contributed by atoms with E-state index in [1.165, 1.54) is 0 Å². The molecular formula is C10H22N4OS. The molecule has 0 heterocycles. The molecule has 5 nitrogen and oxygen atoms in total. The predicted molar refractivity (Wildman–Crippen MR) is 71.1 cm³/mol. The molecular weight excluding hydrogens is 224 g/mol. The van der Waals surface area contributed by atoms with Gasteiger partial charge >= 0.3 is 0 Å². The third-order valence-electron chi connectivity index (χ3n) is 1.95. The Morgan fingerprint density at radius 3 is 2.44 bits per heavy atom. The highest BCUT2D eigenvalue weighted by atomic mass is 32.2. The molecule has 0 bridgehead atoms. The lowest BCUT2D eigenvalue weighted by Gasteiger charge is -2.13. The second-order valence-corrected chi connectivity index (χ2v) is 4.44. The highest BCUT2D eigenvalue weighted by Crippen LogP contribution is 1.87. The van der Waals surface area contributed by atoms with Crippen molar-refractivity contribution in [2.24, 2.45) is 4.99 Å². The van der Waals surface area contributed by atoms with Gasteiger partial charge in [-0.05, 0) is 6.26 Å². The van der Waals surface area contributed by atoms with Gasteiger partial charge in [-0.25, -0.2) is 0 Å². The lowest BCUT2D eigenvalue weighted by atomic mass is 10.4. The van der Waals surface area contributed by atoms with E-state index in [4.69, 9.17) is 0 Å². The molecule has 0 aliphatic heterocycles. The minimum absolute atomic E-state index is 0.118. The fourth-order valence-electron chi connectivity index (χ4n) is 1.00. The summed E-state index contributed by atoms with van der Waals surface area (Å²) in [7, 11) is 5.24. The van der Waals surface area contributed by atoms with Crippen molar-refractivity contribution in [1.82, 2.24) is 15.5 Å². The Labute approximate surface area is 102 Å². The third-order valence-corrected chi connectivity index (χ3v) is 2.56. The zero-order chi connectivity index (χ0) is 12.4. The van der Waals surface area contributed by atoms with E-state index in [0.717, 1.165) is 18.3 Å². The number of carbonyl (C=O) groups is 1. The third kappa shape index (κ3) is 7.39. The number of carbonyl (C=O) groups excluding carboxylic acids is 1. The molecule has 1 amide bonds. The van der Waals surface area contributed by atoms with Gasteiger partial charge in [0.2, 0.25) is 5.91 Å². The van der Waals surface area contributed by atoms with Gasteiger partial charge < -0.3 is 15.5 Å². The summed E-state index contributed by atoms with van der Waals surface area (Å²) in [6.07, 6.45) is 2.55. The van der Waals surface area contributed by atoms with Gasteiger partial charge in [-0.2, -0.15) is 11.8 Å². The van der Waals surface area contributed by atoms with Crippen LogP contribution in [0.25, 0.3) is 0 Å². The summed E-state index contributed by atoms with van der Waals surface area (Å²) in [6, 6.07) is 0. The number of hydrogen-bond acceptors (Lipinski definition) is 3. The normalized spacial score (nSPS) is 11.1. The molecule has 0 aliphatic carbocycles. The smallest absolute Gasteiger partial charge is 0.223 e. The van der Waals surface area contributed by atoms with Crippen LogP contribution in [0.2, 0.25) is 0 Å². The van der Waals surface area contributed by atoms with E-state index in [1.807, 2.05) is 0 Å². The molecule has 0 spiro atoms. The van der Waals surface area contributed by atoms with Crippen molar-refractivity contribution in [2.75, 3.05) is 46.2 Å². The molecule has 0 unspecified atom stereocenters. The summed E-state index contributed by atoms with van der Waals surface area (Å²) in [5.41, 5.74) is 0. The van der Waals surface area contributed by atoms with Gasteiger partial charge in [0.25, 0.3) is 0 Å². The standard InChI is InChI=1S/C10H22N4OS/c1-11-10(13-7-8-16-4)12-6-5-9(15)14(2)3/h5-8H2,1-4H3,(H2,11,12,13). The summed E-state index contributed by atoms with van der Waals surface area (Å²) < 4.78 is 0. The van der Waals surface area contributed by atoms with Crippen LogP contribution >= 0.6 is 11.8 Å². The molecule has 0 aromatic heterocycles. The van der Waals surface area contributed by atoms with Crippen molar-refractivity contribution < 1.29 is 4.79 Å². The molecule has 0 saturated carbocycles. The zero-order valence-corrected chi connectivity index (χ0v) is 11.4. The van der Waals surface area contributed by atoms with Gasteiger partial charge in [0.15, 0.2) is 5.96 Å². The summed E-state index contributed by atoms with van der Waals surface area (Å²) in [5, 5.41) is 6.26. The largest absolute Gasteiger partial charge is 0.356 e. The number of rotatable bonds is 6. The Hall–Kier alpha value is -0.910. The number of aliphatic imine (C=N–C) groups is 1. The first kappa shape index (κ1) is 15.1. The van der Waals surface area contributed by atoms with Gasteiger partial charge in [-0.1, -0.05) is 0 Å². The number of guanidine groups is 1. The first-order valence-electron chi connectivity index (χ1n) is 5.25. The number of nitrogens with one attached hydrogen (secondary N) is 2. The van der Waals surface area contributed by atoms with Crippen LogP contribution in [0, 0.1) is 0 Å². The van der Waals surface area contributed by atoms with Gasteiger partial charge in [0, 0.05) is 46.4 Å². The number of thioether (sulfide) groups is 1. The number of nitrogens with zero attached hydrogens (tertiary/aromatic N) is 2. The average molecular weight is 246 g/mol. The van der Waals surface area contributed by atoms with Crippen molar-refractivity contribution in [2.45, 2.75) is 6.42 Å². The minimum atomic E-state index is 0.118. The minimum Gasteiger partial charge on any atom is -0.356 e. The highest BCUT2D eigenvalue weighted by Gasteiger charge is 2.03. The van der Waals surface area contributed by atoms with E-state index in [1.54, 1.807) is 37.8 Å². The number of hydrogen-bond donors (Lipinski definition) is 2. The van der Waals surface area contributed by atoms with Crippen LogP contribution in [-0.4, -0.2) is 63.0 Å². The summed E-state index contributed by atoms with van der Waals surface area (Å²) in [5.74, 6) is 1.91. The first-order chi connectivity index (χ1) is 7.61. The van der Waals surface area contributed by atoms with Crippen LogP contribution in [0.4, 0.5) is 0 Å². The van der Waals surface area contributed by atoms with E-state index < -0.39 is 0 Å². The van der Waals surface area contributed by atoms with Gasteiger partial charge in [-0.15, -0.1) is 0 Å². The van der Waals surface area contributed by atoms with Crippen molar-refractivity contribution in [3.8, 4) is 0 Å². The molecule has 0 atom stereocenters. The first-order valence-corrected chi connectivity index (χ1v) is 6.64. The van der Waals surface area contributed by atoms with E-state index in [9.17, 15) is 4.79 Å². The second-order valence-electron chi connectivity index (χ2n) is 3.46. The molecule has 6 heteroatoms. The summed E-state index contributed by atoms with van der Waals surface area (Å²) in [4.78, 5) is 16.9. The van der Waals surface area contributed by atoms with Crippen molar-refractivity contribution in [1.29, 1.82) is 0 Å². The maximum Gasteiger partial charge on any atom is 0.223 e. The molecule has 0 saturated heterocycles. The Morgan fingerprint density at radius 1 is 1.31 bits per heavy atom. The predicted octanol–water partition coefficient (Wildman–Crippen LogP) is -0.00730. The highest BCUT2D eigenvalue weighted by molar-refractivity contribution is 7.98. The monoisotopic (exact) mass is 246 g/mol. The second kappa shape index (κ2) is 9.33. The molecule has 0 radical (unpaired) electrons. The molecule has 0 aliphatic rings. The van der Waals surface area contributed by atoms with E-state index in [0.29, 0.717) is 13.0 Å². The molecule has 0 rings (SSSR count). The van der Waals surface area contributed by atoms with Crippen molar-refractivity contribution >= 4 is 23.6 Å². The molecule has 94 valence electrons. The average Bonchev–Trinajstić information content (AvgIpc) is 2.26. The van der Waals surface area contributed by atoms with Gasteiger partial charge in [-0.3, -0.25) is 9.79 Å². The number of amides is 1. The SMILES string of the molecule is CN=C(NCCSC)NCCC(=O)N(C)C. The van der Waals surface area contributed by atoms with Gasteiger partial charge in [0.05, 0.1) is 0 Å². The quantitative estimate of drug-likeness (QED) is 0.393. The van der Waals surface area contributed by atoms with Crippen LogP contribution in [0.3, 0.4) is 0 Å². The van der Waals surface area contributed by atoms with Crippen LogP contribution in [-0.2, 0) is 4.79 Å². The maximum absolute atomic E-state index is 11.3. The molecule has 16 heavy (non-hydrogen) atoms. The van der Waals surface area contributed by atoms with Crippen LogP contribution in [0.5, 0.6) is 0 Å². The lowest BCUT2D eigenvalue weighted by molar-refractivity contribution is -0.128. The van der Waals surface area contributed by atoms with Crippen molar-refractivity contribution in [3.63, 3.8) is 0 Å². The zero-order valence-electron chi connectivity index (χ0n) is 10.5. The fourth-order valence-corrected chi connectivity index (χ4v) is 1.31. The van der Waals surface area contributed by atoms with Crippen LogP contribution < -0.4 is 10.6 Å². The van der Waals surface area contributed by atoms with Crippen LogP contribution in [0.1, 0.15) is 6.42 Å². The lowest BCUT2D eigenvalue weighted by Crippen LogP contribution is -2.40. The Morgan fingerprint density at radius 2 is 1.94 bits per heavy atom. The Balaban J connectivity index is 3.68. The Kier molecular flexibility index (Phi) is 8.80. The van der Waals surface area contributed by atoms with E-state index in [2.05, 4.69) is 21.9 Å². The molecule has 0 aromatic rings. The molecule has 0 fully saturated rings. The summed E-state index contributed by atoms with van der Waals surface area (Å²) >= 11 is 1.78. The topological polar surface area (TPSA) is 56.7 Å². The van der Waals surface area contributed by atoms with Crippen molar-refractivity contribution in [3.05, 3.63) is 0 Å². The maximum atomic E-state index is 11.3. The van der Waals surface area contributed by atoms with Gasteiger partial charge in [0.1, 0.15) is 0 Å². The summed E-state index contributed by atoms with van der Waals surface area (Å²) in [6.45, 7) is 1.48. The fraction of sp³-hybridized carbons (Fsp3) is 0.800.